The van der Waals surface area contributed by atoms with Crippen molar-refractivity contribution in [3.05, 3.63) is 12.2 Å². The van der Waals surface area contributed by atoms with Crippen LogP contribution in [0.2, 0.25) is 0 Å². The van der Waals surface area contributed by atoms with Crippen LogP contribution in [0.15, 0.2) is 6.33 Å². The molecule has 15 nitrogen and oxygen atoms in total. The second-order valence-corrected chi connectivity index (χ2v) is 11.0. The van der Waals surface area contributed by atoms with Gasteiger partial charge in [-0.2, -0.15) is 0 Å². The predicted octanol–water partition coefficient (Wildman–Crippen LogP) is -0.676. The number of likely N-dealkylation sites (tertiary alicyclic amines) is 1. The maximum Gasteiger partial charge on any atom is 0.411 e. The first kappa shape index (κ1) is 26.7. The molecule has 40 heavy (non-hydrogen) atoms. The third kappa shape index (κ3) is 5.40. The monoisotopic (exact) mass is 558 g/mol. The number of hydrogen-bond donors (Lipinski definition) is 5. The van der Waals surface area contributed by atoms with E-state index in [0.29, 0.717) is 42.4 Å². The quantitative estimate of drug-likeness (QED) is 0.257. The molecule has 2 aromatic heterocycles. The first-order valence-corrected chi connectivity index (χ1v) is 13.8. The summed E-state index contributed by atoms with van der Waals surface area (Å²) in [6, 6.07) is 0.0929. The predicted molar refractivity (Wildman–Crippen MR) is 137 cm³/mol. The zero-order valence-electron chi connectivity index (χ0n) is 21.9. The van der Waals surface area contributed by atoms with Crippen molar-refractivity contribution < 1.29 is 34.1 Å². The summed E-state index contributed by atoms with van der Waals surface area (Å²) in [4.78, 5) is 50.7. The van der Waals surface area contributed by atoms with Gasteiger partial charge in [-0.25, -0.2) is 19.7 Å². The number of β-lactam (4-membered cyclic amide) rings is 1. The van der Waals surface area contributed by atoms with Crippen LogP contribution in [0.1, 0.15) is 57.0 Å². The Labute approximate surface area is 229 Å². The Bertz CT molecular complexity index is 1280. The summed E-state index contributed by atoms with van der Waals surface area (Å²) in [5.74, 6) is 0.596. The lowest BCUT2D eigenvalue weighted by Crippen LogP contribution is -2.53. The number of aliphatic hydroxyl groups excluding tert-OH is 2. The van der Waals surface area contributed by atoms with E-state index >= 15 is 0 Å². The molecule has 3 amide bonds. The van der Waals surface area contributed by atoms with Crippen molar-refractivity contribution in [3.63, 3.8) is 0 Å². The molecule has 0 spiro atoms. The number of anilines is 1. The van der Waals surface area contributed by atoms with Crippen LogP contribution in [0, 0.1) is 5.92 Å². The molecule has 1 aliphatic carbocycles. The highest BCUT2D eigenvalue weighted by molar-refractivity contribution is 5.84. The van der Waals surface area contributed by atoms with E-state index in [2.05, 4.69) is 25.6 Å². The number of hydrogen-bond acceptors (Lipinski definition) is 11. The van der Waals surface area contributed by atoms with Crippen molar-refractivity contribution in [3.8, 4) is 0 Å². The SMILES string of the molecule is Nc1nc(CCCC2CCN(C(=O)OC3CC(=O)N3)CC2)nc2c1ncn2[C@@H]1O[C@H](C(=O)NC2CC2)[C@H](O)C1O. The summed E-state index contributed by atoms with van der Waals surface area (Å²) in [5, 5.41) is 26.5. The van der Waals surface area contributed by atoms with E-state index in [9.17, 15) is 24.6 Å². The largest absolute Gasteiger partial charge is 0.425 e. The van der Waals surface area contributed by atoms with Crippen molar-refractivity contribution in [2.24, 2.45) is 5.92 Å². The Morgan fingerprint density at radius 1 is 1.18 bits per heavy atom. The molecule has 5 atom stereocenters. The first-order valence-electron chi connectivity index (χ1n) is 13.8. The fourth-order valence-electron chi connectivity index (χ4n) is 5.45. The maximum absolute atomic E-state index is 12.5. The number of nitrogen functional groups attached to an aromatic ring is 1. The standard InChI is InChI=1S/C25H34N8O7/c26-21-17-22(33(11-27-17)24-19(36)18(35)20(40-24)23(37)28-13-4-5-13)30-14(29-21)3-1-2-12-6-8-32(9-7-12)25(38)39-16-10-15(34)31-16/h11-13,16,18-20,24,35-36H,1-10H2,(H,28,37)(H,31,34)(H2,26,29,30)/t16?,18-,19?,20+,24-/m1/s1. The number of nitrogens with zero attached hydrogens (tertiary/aromatic N) is 5. The van der Waals surface area contributed by atoms with Crippen LogP contribution in [0.3, 0.4) is 0 Å². The molecule has 0 bridgehead atoms. The average Bonchev–Trinajstić information content (AvgIpc) is 3.55. The molecule has 6 N–H and O–H groups in total. The van der Waals surface area contributed by atoms with E-state index in [4.69, 9.17) is 15.2 Å². The van der Waals surface area contributed by atoms with E-state index in [1.54, 1.807) is 4.90 Å². The van der Waals surface area contributed by atoms with Gasteiger partial charge in [-0.1, -0.05) is 0 Å². The van der Waals surface area contributed by atoms with Gasteiger partial charge in [0.2, 0.25) is 5.91 Å². The Hall–Kier alpha value is -3.56. The first-order chi connectivity index (χ1) is 19.3. The molecule has 0 radical (unpaired) electrons. The van der Waals surface area contributed by atoms with E-state index in [-0.39, 0.29) is 24.2 Å². The number of aliphatic hydroxyl groups is 2. The van der Waals surface area contributed by atoms with E-state index < -0.39 is 42.8 Å². The molecule has 1 saturated carbocycles. The molecule has 4 aliphatic rings. The number of carbonyl (C=O) groups is 3. The molecule has 4 fully saturated rings. The van der Waals surface area contributed by atoms with Gasteiger partial charge in [0.25, 0.3) is 5.91 Å². The number of rotatable bonds is 8. The topological polar surface area (TPSA) is 207 Å². The van der Waals surface area contributed by atoms with Gasteiger partial charge in [0.05, 0.1) is 12.7 Å². The van der Waals surface area contributed by atoms with Gasteiger partial charge in [0.1, 0.15) is 23.5 Å². The van der Waals surface area contributed by atoms with Crippen molar-refractivity contribution in [2.45, 2.75) is 88.2 Å². The van der Waals surface area contributed by atoms with E-state index in [1.807, 2.05) is 0 Å². The van der Waals surface area contributed by atoms with Gasteiger partial charge in [0.15, 0.2) is 30.0 Å². The summed E-state index contributed by atoms with van der Waals surface area (Å²) in [7, 11) is 0. The number of ether oxygens (including phenoxy) is 2. The highest BCUT2D eigenvalue weighted by Crippen LogP contribution is 2.33. The summed E-state index contributed by atoms with van der Waals surface area (Å²) < 4.78 is 12.5. The summed E-state index contributed by atoms with van der Waals surface area (Å²) in [6.07, 6.45) is 1.51. The average molecular weight is 559 g/mol. The fraction of sp³-hybridized carbons (Fsp3) is 0.680. The van der Waals surface area contributed by atoms with Crippen LogP contribution < -0.4 is 16.4 Å². The lowest BCUT2D eigenvalue weighted by molar-refractivity contribution is -0.138. The Kier molecular flexibility index (Phi) is 7.18. The van der Waals surface area contributed by atoms with E-state index in [0.717, 1.165) is 38.5 Å². The number of aromatic nitrogens is 4. The second kappa shape index (κ2) is 10.8. The van der Waals surface area contributed by atoms with Gasteiger partial charge in [-0.05, 0) is 44.4 Å². The van der Waals surface area contributed by atoms with E-state index in [1.165, 1.54) is 10.9 Å². The highest BCUT2D eigenvalue weighted by atomic mass is 16.6. The molecular formula is C25H34N8O7. The molecule has 0 aromatic carbocycles. The zero-order chi connectivity index (χ0) is 28.0. The van der Waals surface area contributed by atoms with Crippen LogP contribution in [-0.4, -0.2) is 96.2 Å². The summed E-state index contributed by atoms with van der Waals surface area (Å²) >= 11 is 0. The van der Waals surface area contributed by atoms with Gasteiger partial charge < -0.3 is 41.0 Å². The molecule has 15 heteroatoms. The number of fused-ring (bicyclic) bond motifs is 1. The molecule has 5 heterocycles. The summed E-state index contributed by atoms with van der Waals surface area (Å²) in [6.45, 7) is 1.21. The van der Waals surface area contributed by atoms with Gasteiger partial charge >= 0.3 is 6.09 Å². The van der Waals surface area contributed by atoms with Crippen LogP contribution >= 0.6 is 0 Å². The number of nitrogens with two attached hydrogens (primary N) is 1. The molecule has 3 saturated heterocycles. The Morgan fingerprint density at radius 2 is 1.93 bits per heavy atom. The third-order valence-electron chi connectivity index (χ3n) is 8.01. The molecule has 6 rings (SSSR count). The molecule has 3 aliphatic heterocycles. The Morgan fingerprint density at radius 3 is 2.62 bits per heavy atom. The molecular weight excluding hydrogens is 524 g/mol. The second-order valence-electron chi connectivity index (χ2n) is 11.0. The lowest BCUT2D eigenvalue weighted by Gasteiger charge is -2.34. The minimum absolute atomic E-state index is 0.0929. The Balaban J connectivity index is 1.03. The van der Waals surface area contributed by atoms with Crippen LogP contribution in [0.4, 0.5) is 10.6 Å². The summed E-state index contributed by atoms with van der Waals surface area (Å²) in [5.41, 5.74) is 6.87. The maximum atomic E-state index is 12.5. The minimum Gasteiger partial charge on any atom is -0.425 e. The minimum atomic E-state index is -1.40. The zero-order valence-corrected chi connectivity index (χ0v) is 21.9. The normalized spacial score (nSPS) is 28.8. The van der Waals surface area contributed by atoms with Crippen LogP contribution in [0.5, 0.6) is 0 Å². The number of imidazole rings is 1. The van der Waals surface area contributed by atoms with Gasteiger partial charge in [-0.15, -0.1) is 0 Å². The number of nitrogens with one attached hydrogen (secondary N) is 2. The molecule has 2 unspecified atom stereocenters. The number of amides is 3. The smallest absolute Gasteiger partial charge is 0.411 e. The molecule has 2 aromatic rings. The van der Waals surface area contributed by atoms with Crippen LogP contribution in [0.25, 0.3) is 11.2 Å². The van der Waals surface area contributed by atoms with Crippen molar-refractivity contribution in [1.29, 1.82) is 0 Å². The lowest BCUT2D eigenvalue weighted by atomic mass is 9.91. The van der Waals surface area contributed by atoms with Crippen LogP contribution in [-0.2, 0) is 25.5 Å². The van der Waals surface area contributed by atoms with Gasteiger partial charge in [0, 0.05) is 25.6 Å². The highest BCUT2D eigenvalue weighted by Gasteiger charge is 2.48. The molecule has 216 valence electrons. The fourth-order valence-corrected chi connectivity index (χ4v) is 5.45. The van der Waals surface area contributed by atoms with Gasteiger partial charge in [-0.3, -0.25) is 14.2 Å². The number of aryl methyl sites for hydroxylation is 1. The van der Waals surface area contributed by atoms with Crippen molar-refractivity contribution in [2.75, 3.05) is 18.8 Å². The number of piperidine rings is 1. The number of carbonyl (C=O) groups excluding carboxylic acids is 3. The van der Waals surface area contributed by atoms with Crippen molar-refractivity contribution >= 4 is 34.9 Å². The third-order valence-corrected chi connectivity index (χ3v) is 8.01. The van der Waals surface area contributed by atoms with Crippen molar-refractivity contribution in [1.82, 2.24) is 35.1 Å².